The fourth-order valence-electron chi connectivity index (χ4n) is 1.84. The number of rotatable bonds is 2. The first-order valence-corrected chi connectivity index (χ1v) is 5.51. The van der Waals surface area contributed by atoms with E-state index in [9.17, 15) is 0 Å². The third kappa shape index (κ3) is 2.42. The zero-order valence-corrected chi connectivity index (χ0v) is 12.0. The van der Waals surface area contributed by atoms with Gasteiger partial charge in [-0.25, -0.2) is 0 Å². The van der Waals surface area contributed by atoms with Crippen LogP contribution in [0.3, 0.4) is 0 Å². The topological polar surface area (TPSA) is 17.8 Å². The van der Waals surface area contributed by atoms with Gasteiger partial charge in [-0.15, -0.1) is 0 Å². The number of aromatic nitrogens is 2. The maximum absolute atomic E-state index is 4.36. The molecule has 1 aromatic carbocycles. The average molecular weight is 411 g/mol. The fourth-order valence-corrected chi connectivity index (χ4v) is 1.84. The van der Waals surface area contributed by atoms with Gasteiger partial charge in [0.25, 0.3) is 0 Å². The first-order valence-electron chi connectivity index (χ1n) is 5.51. The Morgan fingerprint density at radius 3 is 2.44 bits per heavy atom. The first-order chi connectivity index (χ1) is 8.45. The molecule has 0 amide bonds. The van der Waals surface area contributed by atoms with Crippen molar-refractivity contribution in [3.63, 3.8) is 0 Å². The van der Waals surface area contributed by atoms with Crippen LogP contribution >= 0.6 is 0 Å². The molecule has 0 atom stereocenters. The first kappa shape index (κ1) is 12.7. The van der Waals surface area contributed by atoms with Crippen molar-refractivity contribution in [1.29, 1.82) is 0 Å². The van der Waals surface area contributed by atoms with E-state index >= 15 is 0 Å². The van der Waals surface area contributed by atoms with Gasteiger partial charge < -0.3 is 9.55 Å². The Morgan fingerprint density at radius 2 is 1.72 bits per heavy atom. The quantitative estimate of drug-likeness (QED) is 0.592. The minimum Gasteiger partial charge on any atom is -0.391 e. The van der Waals surface area contributed by atoms with E-state index in [2.05, 4.69) is 27.8 Å². The summed E-state index contributed by atoms with van der Waals surface area (Å²) in [5.74, 6) is 0. The van der Waals surface area contributed by atoms with Gasteiger partial charge in [0.1, 0.15) is 0 Å². The van der Waals surface area contributed by atoms with Crippen molar-refractivity contribution in [2.45, 2.75) is 0 Å². The molecule has 3 heteroatoms. The van der Waals surface area contributed by atoms with Gasteiger partial charge in [-0.3, -0.25) is 0 Å². The average Bonchev–Trinajstić information content (AvgIpc) is 2.90. The molecule has 0 aliphatic heterocycles. The van der Waals surface area contributed by atoms with Gasteiger partial charge in [0.2, 0.25) is 0 Å². The van der Waals surface area contributed by atoms with E-state index in [1.807, 2.05) is 48.7 Å². The Labute approximate surface area is 120 Å². The summed E-state index contributed by atoms with van der Waals surface area (Å²) in [7, 11) is 0. The number of para-hydroxylation sites is 1. The molecule has 0 aliphatic carbocycles. The van der Waals surface area contributed by atoms with Crippen molar-refractivity contribution < 1.29 is 20.1 Å². The summed E-state index contributed by atoms with van der Waals surface area (Å²) in [6.07, 6.45) is 3.80. The number of hydrogen-bond donors (Lipinski definition) is 0. The van der Waals surface area contributed by atoms with E-state index in [1.165, 1.54) is 0 Å². The molecular weight excluding hydrogens is 400 g/mol. The molecule has 1 radical (unpaired) electrons. The van der Waals surface area contributed by atoms with Gasteiger partial charge in [0.15, 0.2) is 0 Å². The van der Waals surface area contributed by atoms with E-state index in [1.54, 1.807) is 6.20 Å². The maximum atomic E-state index is 4.36. The van der Waals surface area contributed by atoms with Crippen LogP contribution in [0.15, 0.2) is 67.0 Å². The summed E-state index contributed by atoms with van der Waals surface area (Å²) in [5.41, 5.74) is 3.03. The number of hydrogen-bond acceptors (Lipinski definition) is 1. The molecule has 2 nitrogen and oxygen atoms in total. The molecule has 2 aromatic heterocycles. The Balaban J connectivity index is 0.00000120. The summed E-state index contributed by atoms with van der Waals surface area (Å²) in [6, 6.07) is 21.2. The Kier molecular flexibility index (Phi) is 4.08. The minimum absolute atomic E-state index is 0. The van der Waals surface area contributed by atoms with Crippen molar-refractivity contribution in [3.05, 3.63) is 73.1 Å². The molecule has 2 heterocycles. The number of benzene rings is 1. The Hall–Kier alpha value is -1.70. The fraction of sp³-hybridized carbons (Fsp3) is 0. The van der Waals surface area contributed by atoms with Crippen molar-refractivity contribution >= 4 is 0 Å². The molecule has 0 spiro atoms. The van der Waals surface area contributed by atoms with Crippen LogP contribution in [0.5, 0.6) is 0 Å². The van der Waals surface area contributed by atoms with Crippen molar-refractivity contribution in [1.82, 2.24) is 9.55 Å². The van der Waals surface area contributed by atoms with Crippen LogP contribution in [0, 0.1) is 6.07 Å². The summed E-state index contributed by atoms with van der Waals surface area (Å²) in [4.78, 5) is 4.36. The number of nitrogens with zero attached hydrogens (tertiary/aromatic N) is 2. The van der Waals surface area contributed by atoms with E-state index in [0.29, 0.717) is 0 Å². The molecule has 18 heavy (non-hydrogen) atoms. The van der Waals surface area contributed by atoms with Crippen LogP contribution < -0.4 is 0 Å². The molecule has 0 unspecified atom stereocenters. The molecule has 0 fully saturated rings. The third-order valence-electron chi connectivity index (χ3n) is 2.63. The van der Waals surface area contributed by atoms with Crippen LogP contribution in [-0.2, 0) is 20.1 Å². The van der Waals surface area contributed by atoms with Crippen LogP contribution in [0.25, 0.3) is 17.1 Å². The molecule has 0 aliphatic rings. The molecule has 3 aromatic rings. The molecule has 0 bridgehead atoms. The van der Waals surface area contributed by atoms with Crippen LogP contribution in [0.2, 0.25) is 0 Å². The maximum Gasteiger partial charge on any atom is 0.0323 e. The van der Waals surface area contributed by atoms with E-state index < -0.39 is 0 Å². The van der Waals surface area contributed by atoms with Gasteiger partial charge in [0, 0.05) is 32.0 Å². The summed E-state index contributed by atoms with van der Waals surface area (Å²) < 4.78 is 2.09. The van der Waals surface area contributed by atoms with E-state index in [0.717, 1.165) is 17.1 Å². The Bertz CT molecular complexity index is 549. The largest absolute Gasteiger partial charge is 0.391 e. The summed E-state index contributed by atoms with van der Waals surface area (Å²) in [6.45, 7) is 0. The number of pyridine rings is 1. The van der Waals surface area contributed by atoms with Gasteiger partial charge in [0.05, 0.1) is 0 Å². The second kappa shape index (κ2) is 5.76. The summed E-state index contributed by atoms with van der Waals surface area (Å²) >= 11 is 0. The monoisotopic (exact) mass is 412 g/mol. The standard InChI is InChI=1S/C15H11N2.Ir/c1-2-7-13(8-3-1)17-12-6-10-15(17)14-9-4-5-11-16-14;/h1-9,11-12H;/q-1;. The van der Waals surface area contributed by atoms with Gasteiger partial charge >= 0.3 is 0 Å². The zero-order chi connectivity index (χ0) is 11.5. The molecule has 3 rings (SSSR count). The summed E-state index contributed by atoms with van der Waals surface area (Å²) in [5, 5.41) is 0. The smallest absolute Gasteiger partial charge is 0.0323 e. The molecule has 0 saturated carbocycles. The van der Waals surface area contributed by atoms with E-state index in [4.69, 9.17) is 0 Å². The van der Waals surface area contributed by atoms with Crippen LogP contribution in [0.4, 0.5) is 0 Å². The predicted molar refractivity (Wildman–Crippen MR) is 67.8 cm³/mol. The zero-order valence-electron chi connectivity index (χ0n) is 9.58. The minimum atomic E-state index is 0. The second-order valence-corrected chi connectivity index (χ2v) is 3.73. The third-order valence-corrected chi connectivity index (χ3v) is 2.63. The molecule has 91 valence electrons. The SMILES string of the molecule is [Ir].[c-]1ccn(-c2ccccc2)c1-c1ccccn1. The normalized spacial score (nSPS) is 9.78. The van der Waals surface area contributed by atoms with Crippen LogP contribution in [0.1, 0.15) is 0 Å². The van der Waals surface area contributed by atoms with Crippen molar-refractivity contribution in [3.8, 4) is 17.1 Å². The van der Waals surface area contributed by atoms with E-state index in [-0.39, 0.29) is 20.1 Å². The van der Waals surface area contributed by atoms with Crippen molar-refractivity contribution in [2.24, 2.45) is 0 Å². The molecular formula is C15H11IrN2-. The van der Waals surface area contributed by atoms with Gasteiger partial charge in [-0.05, 0) is 23.9 Å². The van der Waals surface area contributed by atoms with Gasteiger partial charge in [-0.1, -0.05) is 42.2 Å². The van der Waals surface area contributed by atoms with Crippen molar-refractivity contribution in [2.75, 3.05) is 0 Å². The molecule has 0 N–H and O–H groups in total. The van der Waals surface area contributed by atoms with Crippen LogP contribution in [-0.4, -0.2) is 9.55 Å². The van der Waals surface area contributed by atoms with Gasteiger partial charge in [-0.2, -0.15) is 12.1 Å². The second-order valence-electron chi connectivity index (χ2n) is 3.73. The predicted octanol–water partition coefficient (Wildman–Crippen LogP) is 3.34. The molecule has 0 saturated heterocycles. The Morgan fingerprint density at radius 1 is 0.944 bits per heavy atom.